The summed E-state index contributed by atoms with van der Waals surface area (Å²) in [7, 11) is 0. The van der Waals surface area contributed by atoms with Gasteiger partial charge in [-0.2, -0.15) is 0 Å². The molecule has 3 nitrogen and oxygen atoms in total. The molecule has 0 amide bonds. The van der Waals surface area contributed by atoms with Gasteiger partial charge in [-0.25, -0.2) is 0 Å². The monoisotopic (exact) mass is 253 g/mol. The minimum absolute atomic E-state index is 0.0374. The van der Waals surface area contributed by atoms with Crippen LogP contribution in [0.2, 0.25) is 0 Å². The molecule has 3 heterocycles. The first kappa shape index (κ1) is 12.9. The topological polar surface area (TPSA) is 44.5 Å². The quantitative estimate of drug-likeness (QED) is 0.822. The molecule has 0 aromatic heterocycles. The maximum absolute atomic E-state index is 6.61. The summed E-state index contributed by atoms with van der Waals surface area (Å²) in [4.78, 5) is 0. The number of ether oxygens (including phenoxy) is 2. The zero-order valence-electron chi connectivity index (χ0n) is 12.1. The Balaban J connectivity index is 1.74. The van der Waals surface area contributed by atoms with Crippen molar-refractivity contribution in [2.75, 3.05) is 0 Å². The number of fused-ring (bicyclic) bond motifs is 2. The molecule has 3 aliphatic rings. The van der Waals surface area contributed by atoms with Gasteiger partial charge in [0.05, 0.1) is 23.4 Å². The first-order valence-electron chi connectivity index (χ1n) is 7.40. The second kappa shape index (κ2) is 3.94. The van der Waals surface area contributed by atoms with E-state index in [1.54, 1.807) is 0 Å². The van der Waals surface area contributed by atoms with E-state index in [0.29, 0.717) is 24.0 Å². The van der Waals surface area contributed by atoms with E-state index >= 15 is 0 Å². The van der Waals surface area contributed by atoms with Crippen molar-refractivity contribution in [3.63, 3.8) is 0 Å². The lowest BCUT2D eigenvalue weighted by atomic mass is 9.72. The largest absolute Gasteiger partial charge is 0.375 e. The molecule has 5 unspecified atom stereocenters. The van der Waals surface area contributed by atoms with Gasteiger partial charge in [-0.3, -0.25) is 0 Å². The van der Waals surface area contributed by atoms with E-state index in [0.717, 1.165) is 6.42 Å². The molecule has 0 spiro atoms. The van der Waals surface area contributed by atoms with Gasteiger partial charge in [-0.05, 0) is 53.4 Å². The molecule has 2 bridgehead atoms. The number of rotatable bonds is 2. The first-order valence-corrected chi connectivity index (χ1v) is 7.40. The third-order valence-electron chi connectivity index (χ3n) is 5.26. The Hall–Kier alpha value is -0.120. The van der Waals surface area contributed by atoms with Crippen LogP contribution in [0.1, 0.15) is 53.4 Å². The van der Waals surface area contributed by atoms with Crippen LogP contribution in [0.15, 0.2) is 0 Å². The molecule has 0 aromatic carbocycles. The predicted molar refractivity (Wildman–Crippen MR) is 71.3 cm³/mol. The minimum atomic E-state index is -0.106. The number of nitrogens with two attached hydrogens (primary N) is 1. The van der Waals surface area contributed by atoms with Gasteiger partial charge in [0.25, 0.3) is 0 Å². The Kier molecular flexibility index (Phi) is 2.82. The molecule has 18 heavy (non-hydrogen) atoms. The lowest BCUT2D eigenvalue weighted by Crippen LogP contribution is -2.48. The van der Waals surface area contributed by atoms with E-state index in [9.17, 15) is 0 Å². The average Bonchev–Trinajstić information content (AvgIpc) is 2.88. The fraction of sp³-hybridized carbons (Fsp3) is 1.00. The smallest absolute Gasteiger partial charge is 0.0677 e. The molecule has 2 N–H and O–H groups in total. The summed E-state index contributed by atoms with van der Waals surface area (Å²) in [6, 6.07) is 0.220. The van der Waals surface area contributed by atoms with Crippen molar-refractivity contribution in [3.8, 4) is 0 Å². The zero-order chi connectivity index (χ0) is 13.1. The van der Waals surface area contributed by atoms with Crippen LogP contribution in [0, 0.1) is 11.8 Å². The lowest BCUT2D eigenvalue weighted by molar-refractivity contribution is -0.0790. The molecular weight excluding hydrogens is 226 g/mol. The summed E-state index contributed by atoms with van der Waals surface area (Å²) in [6.07, 6.45) is 5.59. The highest BCUT2D eigenvalue weighted by Crippen LogP contribution is 2.48. The summed E-state index contributed by atoms with van der Waals surface area (Å²) in [5.41, 5.74) is 6.46. The van der Waals surface area contributed by atoms with Gasteiger partial charge in [0.2, 0.25) is 0 Å². The summed E-state index contributed by atoms with van der Waals surface area (Å²) >= 11 is 0. The second-order valence-corrected chi connectivity index (χ2v) is 7.63. The Morgan fingerprint density at radius 1 is 1.17 bits per heavy atom. The number of hydrogen-bond donors (Lipinski definition) is 1. The molecule has 0 radical (unpaired) electrons. The van der Waals surface area contributed by atoms with E-state index in [1.807, 2.05) is 0 Å². The van der Waals surface area contributed by atoms with Crippen molar-refractivity contribution in [2.24, 2.45) is 17.6 Å². The Morgan fingerprint density at radius 2 is 1.89 bits per heavy atom. The van der Waals surface area contributed by atoms with Crippen molar-refractivity contribution in [2.45, 2.75) is 82.8 Å². The van der Waals surface area contributed by atoms with Crippen molar-refractivity contribution >= 4 is 0 Å². The fourth-order valence-electron chi connectivity index (χ4n) is 4.58. The van der Waals surface area contributed by atoms with Gasteiger partial charge < -0.3 is 15.2 Å². The lowest BCUT2D eigenvalue weighted by Gasteiger charge is -2.36. The van der Waals surface area contributed by atoms with E-state index in [-0.39, 0.29) is 17.2 Å². The zero-order valence-corrected chi connectivity index (χ0v) is 12.1. The van der Waals surface area contributed by atoms with Gasteiger partial charge in [0.1, 0.15) is 0 Å². The summed E-state index contributed by atoms with van der Waals surface area (Å²) in [5, 5.41) is 0. The van der Waals surface area contributed by atoms with Gasteiger partial charge in [0, 0.05) is 17.9 Å². The minimum Gasteiger partial charge on any atom is -0.375 e. The Morgan fingerprint density at radius 3 is 2.33 bits per heavy atom. The van der Waals surface area contributed by atoms with E-state index < -0.39 is 0 Å². The van der Waals surface area contributed by atoms with Crippen LogP contribution in [-0.2, 0) is 9.47 Å². The molecule has 5 atom stereocenters. The predicted octanol–water partition coefficient (Wildman–Crippen LogP) is 2.47. The van der Waals surface area contributed by atoms with Gasteiger partial charge >= 0.3 is 0 Å². The molecule has 0 aliphatic carbocycles. The molecule has 3 fully saturated rings. The summed E-state index contributed by atoms with van der Waals surface area (Å²) in [6.45, 7) is 8.75. The van der Waals surface area contributed by atoms with Crippen LogP contribution < -0.4 is 5.73 Å². The fourth-order valence-corrected chi connectivity index (χ4v) is 4.58. The van der Waals surface area contributed by atoms with Gasteiger partial charge in [-0.1, -0.05) is 0 Å². The van der Waals surface area contributed by atoms with E-state index in [4.69, 9.17) is 15.2 Å². The van der Waals surface area contributed by atoms with Crippen LogP contribution in [0.4, 0.5) is 0 Å². The van der Waals surface area contributed by atoms with E-state index in [2.05, 4.69) is 27.7 Å². The molecule has 0 aromatic rings. The van der Waals surface area contributed by atoms with Crippen LogP contribution in [0.3, 0.4) is 0 Å². The van der Waals surface area contributed by atoms with Crippen molar-refractivity contribution < 1.29 is 9.47 Å². The Bertz CT molecular complexity index is 339. The molecular formula is C15H27NO2. The summed E-state index contributed by atoms with van der Waals surface area (Å²) < 4.78 is 12.2. The molecule has 104 valence electrons. The maximum atomic E-state index is 6.61. The molecule has 3 heteroatoms. The highest BCUT2D eigenvalue weighted by molar-refractivity contribution is 5.04. The normalized spacial score (nSPS) is 46.5. The maximum Gasteiger partial charge on any atom is 0.0677 e. The van der Waals surface area contributed by atoms with Crippen molar-refractivity contribution in [1.82, 2.24) is 0 Å². The van der Waals surface area contributed by atoms with Crippen molar-refractivity contribution in [3.05, 3.63) is 0 Å². The molecule has 3 saturated heterocycles. The number of hydrogen-bond acceptors (Lipinski definition) is 3. The molecule has 0 saturated carbocycles. The average molecular weight is 253 g/mol. The highest BCUT2D eigenvalue weighted by atomic mass is 16.5. The standard InChI is InChI=1S/C15H27NO2/c1-14(2)8-11(15(3,4)18-14)13(16)10-7-9-5-6-12(10)17-9/h9-13H,5-8,16H2,1-4H3. The molecule has 3 rings (SSSR count). The van der Waals surface area contributed by atoms with Crippen LogP contribution in [0.5, 0.6) is 0 Å². The molecule has 3 aliphatic heterocycles. The van der Waals surface area contributed by atoms with E-state index in [1.165, 1.54) is 19.3 Å². The van der Waals surface area contributed by atoms with Crippen LogP contribution >= 0.6 is 0 Å². The van der Waals surface area contributed by atoms with Gasteiger partial charge in [-0.15, -0.1) is 0 Å². The summed E-state index contributed by atoms with van der Waals surface area (Å²) in [5.74, 6) is 0.992. The Labute approximate surface area is 110 Å². The van der Waals surface area contributed by atoms with Crippen molar-refractivity contribution in [1.29, 1.82) is 0 Å². The highest BCUT2D eigenvalue weighted by Gasteiger charge is 2.53. The SMILES string of the molecule is CC1(C)CC(C(N)C2CC3CCC2O3)C(C)(C)O1. The van der Waals surface area contributed by atoms with Gasteiger partial charge in [0.15, 0.2) is 0 Å². The second-order valence-electron chi connectivity index (χ2n) is 7.63. The third-order valence-corrected chi connectivity index (χ3v) is 5.26. The van der Waals surface area contributed by atoms with Crippen LogP contribution in [0.25, 0.3) is 0 Å². The first-order chi connectivity index (χ1) is 8.28. The van der Waals surface area contributed by atoms with Crippen LogP contribution in [-0.4, -0.2) is 29.5 Å². The third kappa shape index (κ3) is 2.00.